The first kappa shape index (κ1) is 15.0. The molecule has 2 atom stereocenters. The van der Waals surface area contributed by atoms with Crippen LogP contribution in [0.3, 0.4) is 0 Å². The predicted octanol–water partition coefficient (Wildman–Crippen LogP) is 4.11. The predicted molar refractivity (Wildman–Crippen MR) is 79.3 cm³/mol. The monoisotopic (exact) mass is 316 g/mol. The molecule has 1 aromatic rings. The van der Waals surface area contributed by atoms with Crippen LogP contribution < -0.4 is 0 Å². The van der Waals surface area contributed by atoms with Crippen molar-refractivity contribution in [3.8, 4) is 0 Å². The Balaban J connectivity index is 2.59. The molecule has 1 aromatic carbocycles. The molecule has 17 heavy (non-hydrogen) atoms. The molecule has 3 heteroatoms. The van der Waals surface area contributed by atoms with Crippen molar-refractivity contribution in [2.24, 2.45) is 0 Å². The quantitative estimate of drug-likeness (QED) is 0.718. The average molecular weight is 315 g/mol. The van der Waals surface area contributed by atoms with Crippen molar-refractivity contribution in [3.05, 3.63) is 35.9 Å². The van der Waals surface area contributed by atoms with Crippen LogP contribution in [0.25, 0.3) is 0 Å². The summed E-state index contributed by atoms with van der Waals surface area (Å²) in [5.41, 5.74) is 1.47. The van der Waals surface area contributed by atoms with Gasteiger partial charge in [0.1, 0.15) is 0 Å². The van der Waals surface area contributed by atoms with E-state index in [1.165, 1.54) is 5.56 Å². The summed E-state index contributed by atoms with van der Waals surface area (Å²) in [6.07, 6.45) is 1.54. The third-order valence-corrected chi connectivity index (χ3v) is 5.83. The third-order valence-electron chi connectivity index (χ3n) is 2.56. The molecule has 0 N–H and O–H groups in total. The summed E-state index contributed by atoms with van der Waals surface area (Å²) in [5.74, 6) is 2.33. The summed E-state index contributed by atoms with van der Waals surface area (Å²) >= 11 is 0.637. The van der Waals surface area contributed by atoms with Crippen molar-refractivity contribution >= 4 is 23.3 Å². The van der Waals surface area contributed by atoms with Crippen LogP contribution in [-0.4, -0.2) is 29.4 Å². The molecule has 0 radical (unpaired) electrons. The van der Waals surface area contributed by atoms with Crippen molar-refractivity contribution in [2.75, 3.05) is 0 Å². The van der Waals surface area contributed by atoms with Gasteiger partial charge in [0.2, 0.25) is 0 Å². The molecule has 0 saturated heterocycles. The molecular formula is C14H24OSeSi. The standard InChI is InChI=1S/C14H24OSeSi/c1-12(15-17(3,4)5)11-14(16-2)13-9-7-6-8-10-13/h6-10,12,14H,11H2,1-5H3/t12-,14-/m0/s1. The van der Waals surface area contributed by atoms with E-state index in [0.29, 0.717) is 25.9 Å². The summed E-state index contributed by atoms with van der Waals surface area (Å²) in [7, 11) is -1.39. The second kappa shape index (κ2) is 6.74. The molecule has 1 nitrogen and oxygen atoms in total. The molecule has 0 aliphatic carbocycles. The fourth-order valence-electron chi connectivity index (χ4n) is 1.99. The van der Waals surface area contributed by atoms with E-state index < -0.39 is 8.32 Å². The fraction of sp³-hybridized carbons (Fsp3) is 0.571. The van der Waals surface area contributed by atoms with Crippen LogP contribution >= 0.6 is 0 Å². The molecule has 0 aromatic heterocycles. The Hall–Kier alpha value is -0.0836. The van der Waals surface area contributed by atoms with Crippen molar-refractivity contribution in [1.82, 2.24) is 0 Å². The molecule has 0 amide bonds. The molecule has 0 aliphatic heterocycles. The maximum atomic E-state index is 6.14. The Morgan fingerprint density at radius 1 is 1.18 bits per heavy atom. The minimum absolute atomic E-state index is 0.383. The van der Waals surface area contributed by atoms with E-state index in [2.05, 4.69) is 62.7 Å². The van der Waals surface area contributed by atoms with Crippen LogP contribution in [0.4, 0.5) is 0 Å². The van der Waals surface area contributed by atoms with Gasteiger partial charge in [-0.05, 0) is 0 Å². The van der Waals surface area contributed by atoms with Crippen LogP contribution in [0.1, 0.15) is 23.7 Å². The molecule has 0 spiro atoms. The molecule has 0 saturated carbocycles. The SMILES string of the molecule is C[Se][C@@H](C[C@H](C)O[Si](C)(C)C)c1ccccc1. The Labute approximate surface area is 113 Å². The molecule has 96 valence electrons. The molecule has 0 heterocycles. The van der Waals surface area contributed by atoms with Gasteiger partial charge in [0.15, 0.2) is 0 Å². The summed E-state index contributed by atoms with van der Waals surface area (Å²) in [5, 5.41) is 0. The van der Waals surface area contributed by atoms with Gasteiger partial charge in [-0.25, -0.2) is 0 Å². The van der Waals surface area contributed by atoms with E-state index in [1.807, 2.05) is 0 Å². The Morgan fingerprint density at radius 2 is 1.76 bits per heavy atom. The van der Waals surface area contributed by atoms with Crippen molar-refractivity contribution in [1.29, 1.82) is 0 Å². The zero-order valence-corrected chi connectivity index (χ0v) is 14.3. The summed E-state index contributed by atoms with van der Waals surface area (Å²) in [6.45, 7) is 9.01. The molecular weight excluding hydrogens is 291 g/mol. The number of benzene rings is 1. The Kier molecular flexibility index (Phi) is 5.94. The maximum absolute atomic E-state index is 6.14. The molecule has 1 rings (SSSR count). The van der Waals surface area contributed by atoms with Crippen LogP contribution in [-0.2, 0) is 4.43 Å². The van der Waals surface area contributed by atoms with Gasteiger partial charge in [0.25, 0.3) is 0 Å². The number of hydrogen-bond donors (Lipinski definition) is 0. The fourth-order valence-corrected chi connectivity index (χ4v) is 5.17. The summed E-state index contributed by atoms with van der Waals surface area (Å²) in [4.78, 5) is 0.690. The van der Waals surface area contributed by atoms with Gasteiger partial charge in [0, 0.05) is 0 Å². The van der Waals surface area contributed by atoms with Gasteiger partial charge in [-0.1, -0.05) is 0 Å². The molecule has 0 aliphatic rings. The second-order valence-electron chi connectivity index (χ2n) is 5.41. The van der Waals surface area contributed by atoms with Crippen molar-refractivity contribution in [3.63, 3.8) is 0 Å². The molecule has 0 fully saturated rings. The summed E-state index contributed by atoms with van der Waals surface area (Å²) < 4.78 is 6.14. The molecule has 0 unspecified atom stereocenters. The Morgan fingerprint density at radius 3 is 2.24 bits per heavy atom. The van der Waals surface area contributed by atoms with E-state index in [-0.39, 0.29) is 0 Å². The first-order valence-corrected chi connectivity index (χ1v) is 12.3. The van der Waals surface area contributed by atoms with Crippen molar-refractivity contribution in [2.45, 2.75) is 49.7 Å². The van der Waals surface area contributed by atoms with Gasteiger partial charge < -0.3 is 0 Å². The number of hydrogen-bond acceptors (Lipinski definition) is 1. The van der Waals surface area contributed by atoms with Crippen LogP contribution in [0, 0.1) is 0 Å². The zero-order valence-electron chi connectivity index (χ0n) is 11.6. The number of rotatable bonds is 6. The second-order valence-corrected chi connectivity index (χ2v) is 12.1. The summed E-state index contributed by atoms with van der Waals surface area (Å²) in [6, 6.07) is 10.9. The molecule has 0 bridgehead atoms. The van der Waals surface area contributed by atoms with Gasteiger partial charge in [-0.3, -0.25) is 0 Å². The minimum atomic E-state index is -1.39. The normalized spacial score (nSPS) is 15.6. The van der Waals surface area contributed by atoms with E-state index in [1.54, 1.807) is 0 Å². The van der Waals surface area contributed by atoms with Gasteiger partial charge in [-0.15, -0.1) is 0 Å². The first-order valence-electron chi connectivity index (χ1n) is 6.18. The van der Waals surface area contributed by atoms with Gasteiger partial charge >= 0.3 is 113 Å². The van der Waals surface area contributed by atoms with E-state index >= 15 is 0 Å². The van der Waals surface area contributed by atoms with Gasteiger partial charge in [0.05, 0.1) is 0 Å². The average Bonchev–Trinajstić information content (AvgIpc) is 2.24. The van der Waals surface area contributed by atoms with E-state index in [9.17, 15) is 0 Å². The topological polar surface area (TPSA) is 9.23 Å². The van der Waals surface area contributed by atoms with Gasteiger partial charge in [-0.2, -0.15) is 0 Å². The Bertz CT molecular complexity index is 321. The van der Waals surface area contributed by atoms with E-state index in [0.717, 1.165) is 6.42 Å². The third kappa shape index (κ3) is 5.87. The van der Waals surface area contributed by atoms with Crippen LogP contribution in [0.15, 0.2) is 30.3 Å². The van der Waals surface area contributed by atoms with E-state index in [4.69, 9.17) is 4.43 Å². The van der Waals surface area contributed by atoms with Crippen LogP contribution in [0.5, 0.6) is 0 Å². The zero-order chi connectivity index (χ0) is 12.9. The van der Waals surface area contributed by atoms with Crippen LogP contribution in [0.2, 0.25) is 25.5 Å². The first-order chi connectivity index (χ1) is 7.92. The van der Waals surface area contributed by atoms with Crippen molar-refractivity contribution < 1.29 is 4.43 Å².